The van der Waals surface area contributed by atoms with E-state index in [1.165, 1.54) is 5.56 Å². The summed E-state index contributed by atoms with van der Waals surface area (Å²) in [5, 5.41) is 6.77. The van der Waals surface area contributed by atoms with Crippen LogP contribution in [-0.4, -0.2) is 52.7 Å². The fourth-order valence-electron chi connectivity index (χ4n) is 2.82. The van der Waals surface area contributed by atoms with E-state index in [0.717, 1.165) is 42.4 Å². The minimum atomic E-state index is 0.425. The summed E-state index contributed by atoms with van der Waals surface area (Å²) in [6.45, 7) is 4.09. The third-order valence-corrected chi connectivity index (χ3v) is 3.98. The summed E-state index contributed by atoms with van der Waals surface area (Å²) < 4.78 is 6.29. The summed E-state index contributed by atoms with van der Waals surface area (Å²) in [7, 11) is 3.25. The Morgan fingerprint density at radius 3 is 2.88 bits per heavy atom. The summed E-state index contributed by atoms with van der Waals surface area (Å²) >= 11 is 0. The van der Waals surface area contributed by atoms with Gasteiger partial charge in [0.1, 0.15) is 17.2 Å². The van der Waals surface area contributed by atoms with Crippen molar-refractivity contribution in [3.05, 3.63) is 42.5 Å². The van der Waals surface area contributed by atoms with Crippen molar-refractivity contribution in [3.8, 4) is 11.4 Å². The summed E-state index contributed by atoms with van der Waals surface area (Å²) in [6.07, 6.45) is 8.53. The Morgan fingerprint density at radius 1 is 1.28 bits per heavy atom. The fraction of sp³-hybridized carbons (Fsp3) is 0.389. The largest absolute Gasteiger partial charge is 0.388 e. The number of methoxy groups -OCH3 is 1. The molecule has 0 saturated carbocycles. The van der Waals surface area contributed by atoms with Gasteiger partial charge in [-0.3, -0.25) is 9.38 Å². The maximum Gasteiger partial charge on any atom is 0.145 e. The van der Waals surface area contributed by atoms with Gasteiger partial charge in [0.15, 0.2) is 0 Å². The van der Waals surface area contributed by atoms with Crippen LogP contribution in [0.2, 0.25) is 0 Å². The number of aryl methyl sites for hydroxylation is 1. The molecule has 7 nitrogen and oxygen atoms in total. The molecule has 4 heterocycles. The van der Waals surface area contributed by atoms with Crippen LogP contribution in [0.25, 0.3) is 17.0 Å². The molecule has 1 saturated heterocycles. The first-order valence-electron chi connectivity index (χ1n) is 8.34. The molecule has 1 atom stereocenters. The molecule has 0 aliphatic carbocycles. The molecular formula is C18H24N6O. The van der Waals surface area contributed by atoms with Gasteiger partial charge in [-0.15, -0.1) is 0 Å². The number of hydrogen-bond acceptors (Lipinski definition) is 6. The van der Waals surface area contributed by atoms with Crippen molar-refractivity contribution in [1.29, 1.82) is 0 Å². The van der Waals surface area contributed by atoms with Crippen LogP contribution in [0.5, 0.6) is 0 Å². The lowest BCUT2D eigenvalue weighted by atomic mass is 10.2. The second kappa shape index (κ2) is 8.04. The SMILES string of the molecule is COC.Cc1ccn2c(-c3cncc(NC4CCNC4)n3)cnc2c1. The maximum atomic E-state index is 4.69. The van der Waals surface area contributed by atoms with E-state index in [1.54, 1.807) is 26.6 Å². The van der Waals surface area contributed by atoms with E-state index in [9.17, 15) is 0 Å². The molecule has 2 N–H and O–H groups in total. The summed E-state index contributed by atoms with van der Waals surface area (Å²) in [5.74, 6) is 0.813. The monoisotopic (exact) mass is 340 g/mol. The number of nitrogens with zero attached hydrogens (tertiary/aromatic N) is 4. The zero-order valence-electron chi connectivity index (χ0n) is 14.9. The second-order valence-electron chi connectivity index (χ2n) is 6.11. The molecule has 132 valence electrons. The molecule has 0 amide bonds. The Kier molecular flexibility index (Phi) is 5.57. The number of rotatable bonds is 3. The van der Waals surface area contributed by atoms with Gasteiger partial charge >= 0.3 is 0 Å². The van der Waals surface area contributed by atoms with Crippen LogP contribution in [-0.2, 0) is 4.74 Å². The molecule has 0 aromatic carbocycles. The van der Waals surface area contributed by atoms with Crippen molar-refractivity contribution in [2.24, 2.45) is 0 Å². The second-order valence-corrected chi connectivity index (χ2v) is 6.11. The lowest BCUT2D eigenvalue weighted by molar-refractivity contribution is 0.277. The van der Waals surface area contributed by atoms with Gasteiger partial charge in [-0.2, -0.15) is 0 Å². The van der Waals surface area contributed by atoms with Crippen molar-refractivity contribution in [2.45, 2.75) is 19.4 Å². The van der Waals surface area contributed by atoms with Crippen LogP contribution < -0.4 is 10.6 Å². The molecule has 1 fully saturated rings. The quantitative estimate of drug-likeness (QED) is 0.761. The van der Waals surface area contributed by atoms with Gasteiger partial charge in [-0.05, 0) is 37.6 Å². The number of imidazole rings is 1. The fourth-order valence-corrected chi connectivity index (χ4v) is 2.82. The average molecular weight is 340 g/mol. The number of aromatic nitrogens is 4. The highest BCUT2D eigenvalue weighted by molar-refractivity contribution is 5.61. The summed E-state index contributed by atoms with van der Waals surface area (Å²) in [5.41, 5.74) is 3.90. The predicted molar refractivity (Wildman–Crippen MR) is 98.8 cm³/mol. The van der Waals surface area contributed by atoms with E-state index in [0.29, 0.717) is 6.04 Å². The highest BCUT2D eigenvalue weighted by Crippen LogP contribution is 2.20. The first-order chi connectivity index (χ1) is 12.2. The smallest absolute Gasteiger partial charge is 0.145 e. The van der Waals surface area contributed by atoms with Crippen LogP contribution in [0.15, 0.2) is 36.9 Å². The Bertz CT molecular complexity index is 825. The normalized spacial score (nSPS) is 16.5. The van der Waals surface area contributed by atoms with Gasteiger partial charge in [0.2, 0.25) is 0 Å². The zero-order valence-corrected chi connectivity index (χ0v) is 14.9. The van der Waals surface area contributed by atoms with Crippen molar-refractivity contribution in [1.82, 2.24) is 24.7 Å². The van der Waals surface area contributed by atoms with Crippen molar-refractivity contribution < 1.29 is 4.74 Å². The third-order valence-electron chi connectivity index (χ3n) is 3.98. The molecule has 4 rings (SSSR count). The molecule has 3 aromatic rings. The summed E-state index contributed by atoms with van der Waals surface area (Å²) in [4.78, 5) is 13.5. The van der Waals surface area contributed by atoms with Crippen molar-refractivity contribution >= 4 is 11.5 Å². The number of ether oxygens (including phenoxy) is 1. The van der Waals surface area contributed by atoms with Crippen molar-refractivity contribution in [3.63, 3.8) is 0 Å². The molecular weight excluding hydrogens is 316 g/mol. The van der Waals surface area contributed by atoms with Gasteiger partial charge in [-0.25, -0.2) is 9.97 Å². The predicted octanol–water partition coefficient (Wildman–Crippen LogP) is 2.14. The molecule has 7 heteroatoms. The first-order valence-corrected chi connectivity index (χ1v) is 8.34. The van der Waals surface area contributed by atoms with E-state index in [4.69, 9.17) is 0 Å². The number of anilines is 1. The molecule has 25 heavy (non-hydrogen) atoms. The van der Waals surface area contributed by atoms with Crippen LogP contribution in [0.1, 0.15) is 12.0 Å². The number of fused-ring (bicyclic) bond motifs is 1. The van der Waals surface area contributed by atoms with E-state index in [1.807, 2.05) is 16.8 Å². The molecule has 0 radical (unpaired) electrons. The lowest BCUT2D eigenvalue weighted by Crippen LogP contribution is -2.22. The highest BCUT2D eigenvalue weighted by Gasteiger charge is 2.15. The molecule has 0 bridgehead atoms. The van der Waals surface area contributed by atoms with Gasteiger partial charge in [-0.1, -0.05) is 0 Å². The maximum absolute atomic E-state index is 4.69. The first kappa shape index (κ1) is 17.3. The van der Waals surface area contributed by atoms with Crippen LogP contribution in [0, 0.1) is 6.92 Å². The zero-order chi connectivity index (χ0) is 17.6. The van der Waals surface area contributed by atoms with Gasteiger partial charge in [0.05, 0.1) is 24.3 Å². The molecule has 0 spiro atoms. The Labute approximate surface area is 147 Å². The Balaban J connectivity index is 0.000000569. The van der Waals surface area contributed by atoms with Crippen LogP contribution in [0.4, 0.5) is 5.82 Å². The minimum absolute atomic E-state index is 0.425. The van der Waals surface area contributed by atoms with Gasteiger partial charge in [0, 0.05) is 33.0 Å². The Hall–Kier alpha value is -2.51. The van der Waals surface area contributed by atoms with Crippen LogP contribution in [0.3, 0.4) is 0 Å². The number of pyridine rings is 1. The van der Waals surface area contributed by atoms with E-state index < -0.39 is 0 Å². The molecule has 1 aliphatic heterocycles. The molecule has 1 unspecified atom stereocenters. The summed E-state index contributed by atoms with van der Waals surface area (Å²) in [6, 6.07) is 4.55. The van der Waals surface area contributed by atoms with Gasteiger partial charge < -0.3 is 15.4 Å². The van der Waals surface area contributed by atoms with Gasteiger partial charge in [0.25, 0.3) is 0 Å². The van der Waals surface area contributed by atoms with Crippen LogP contribution >= 0.6 is 0 Å². The topological polar surface area (TPSA) is 76.4 Å². The average Bonchev–Trinajstić information content (AvgIpc) is 3.25. The highest BCUT2D eigenvalue weighted by atomic mass is 16.4. The third kappa shape index (κ3) is 4.12. The minimum Gasteiger partial charge on any atom is -0.388 e. The van der Waals surface area contributed by atoms with Crippen molar-refractivity contribution in [2.75, 3.05) is 32.6 Å². The molecule has 3 aromatic heterocycles. The van der Waals surface area contributed by atoms with E-state index >= 15 is 0 Å². The Morgan fingerprint density at radius 2 is 2.12 bits per heavy atom. The standard InChI is InChI=1S/C16H18N6.C2H6O/c1-11-3-5-22-14(9-19-16(22)6-11)13-8-18-10-15(21-13)20-12-2-4-17-7-12;1-3-2/h3,5-6,8-10,12,17H,2,4,7H2,1H3,(H,20,21);1-2H3. The van der Waals surface area contributed by atoms with E-state index in [2.05, 4.69) is 49.4 Å². The van der Waals surface area contributed by atoms with E-state index in [-0.39, 0.29) is 0 Å². The molecule has 1 aliphatic rings. The number of nitrogens with one attached hydrogen (secondary N) is 2. The lowest BCUT2D eigenvalue weighted by Gasteiger charge is -2.12. The number of hydrogen-bond donors (Lipinski definition) is 2.